The summed E-state index contributed by atoms with van der Waals surface area (Å²) >= 11 is 0. The number of nitrogens with two attached hydrogens (primary N) is 1. The number of rotatable bonds is 2. The van der Waals surface area contributed by atoms with Crippen molar-refractivity contribution in [3.05, 3.63) is 28.7 Å². The number of amides is 1. The lowest BCUT2D eigenvalue weighted by atomic mass is 10.2. The van der Waals surface area contributed by atoms with E-state index in [-0.39, 0.29) is 24.3 Å². The summed E-state index contributed by atoms with van der Waals surface area (Å²) < 4.78 is 5.30. The van der Waals surface area contributed by atoms with Crippen molar-refractivity contribution in [2.45, 2.75) is 6.10 Å². The van der Waals surface area contributed by atoms with Crippen LogP contribution in [0.4, 0.5) is 5.69 Å². The van der Waals surface area contributed by atoms with E-state index in [0.717, 1.165) is 5.69 Å². The predicted molar refractivity (Wildman–Crippen MR) is 70.1 cm³/mol. The largest absolute Gasteiger partial charge is 0.365 e. The first-order chi connectivity index (χ1) is 9.17. The van der Waals surface area contributed by atoms with Crippen molar-refractivity contribution in [3.8, 4) is 0 Å². The van der Waals surface area contributed by atoms with Crippen LogP contribution < -0.4 is 16.3 Å². The van der Waals surface area contributed by atoms with E-state index in [9.17, 15) is 9.59 Å². The fourth-order valence-corrected chi connectivity index (χ4v) is 2.21. The SMILES string of the molecule is NCC1CN(c2ccc3[nH]c(=O)[nH]c3c2)C(=O)CO1. The first kappa shape index (κ1) is 11.9. The number of carbonyl (C=O) groups is 1. The zero-order valence-electron chi connectivity index (χ0n) is 10.2. The molecule has 2 aromatic rings. The van der Waals surface area contributed by atoms with Crippen LogP contribution in [-0.4, -0.2) is 41.7 Å². The second-order valence-corrected chi connectivity index (χ2v) is 4.48. The summed E-state index contributed by atoms with van der Waals surface area (Å²) in [4.78, 5) is 30.1. The van der Waals surface area contributed by atoms with Gasteiger partial charge in [0.25, 0.3) is 5.91 Å². The average molecular weight is 262 g/mol. The van der Waals surface area contributed by atoms with Crippen molar-refractivity contribution in [2.75, 3.05) is 24.6 Å². The first-order valence-corrected chi connectivity index (χ1v) is 6.01. The van der Waals surface area contributed by atoms with E-state index in [1.165, 1.54) is 0 Å². The number of aromatic amines is 2. The Balaban J connectivity index is 1.97. The van der Waals surface area contributed by atoms with Gasteiger partial charge in [-0.3, -0.25) is 4.79 Å². The van der Waals surface area contributed by atoms with Crippen LogP contribution in [0.15, 0.2) is 23.0 Å². The molecule has 7 nitrogen and oxygen atoms in total. The smallest absolute Gasteiger partial charge is 0.323 e. The van der Waals surface area contributed by atoms with Crippen molar-refractivity contribution < 1.29 is 9.53 Å². The van der Waals surface area contributed by atoms with E-state index in [0.29, 0.717) is 24.1 Å². The number of ether oxygens (including phenoxy) is 1. The van der Waals surface area contributed by atoms with Gasteiger partial charge in [-0.25, -0.2) is 4.79 Å². The highest BCUT2D eigenvalue weighted by Gasteiger charge is 2.26. The summed E-state index contributed by atoms with van der Waals surface area (Å²) in [5.74, 6) is -0.109. The number of imidazole rings is 1. The molecule has 7 heteroatoms. The van der Waals surface area contributed by atoms with Crippen molar-refractivity contribution >= 4 is 22.6 Å². The molecule has 1 aromatic carbocycles. The zero-order chi connectivity index (χ0) is 13.4. The van der Waals surface area contributed by atoms with E-state index in [1.807, 2.05) is 0 Å². The van der Waals surface area contributed by atoms with Crippen LogP contribution in [0.3, 0.4) is 0 Å². The van der Waals surface area contributed by atoms with Crippen LogP contribution in [0.2, 0.25) is 0 Å². The molecular formula is C12H14N4O3. The number of aromatic nitrogens is 2. The molecule has 19 heavy (non-hydrogen) atoms. The lowest BCUT2D eigenvalue weighted by Gasteiger charge is -2.32. The summed E-state index contributed by atoms with van der Waals surface area (Å²) in [6.07, 6.45) is -0.154. The highest BCUT2D eigenvalue weighted by atomic mass is 16.5. The molecule has 2 heterocycles. The lowest BCUT2D eigenvalue weighted by Crippen LogP contribution is -2.49. The van der Waals surface area contributed by atoms with Crippen LogP contribution in [0.5, 0.6) is 0 Å². The maximum Gasteiger partial charge on any atom is 0.323 e. The van der Waals surface area contributed by atoms with Gasteiger partial charge in [-0.05, 0) is 18.2 Å². The Morgan fingerprint density at radius 3 is 2.89 bits per heavy atom. The molecule has 1 aromatic heterocycles. The molecule has 1 saturated heterocycles. The van der Waals surface area contributed by atoms with Gasteiger partial charge in [0.2, 0.25) is 0 Å². The number of nitrogens with one attached hydrogen (secondary N) is 2. The van der Waals surface area contributed by atoms with Crippen LogP contribution >= 0.6 is 0 Å². The Kier molecular flexibility index (Phi) is 2.84. The molecule has 4 N–H and O–H groups in total. The third-order valence-electron chi connectivity index (χ3n) is 3.20. The minimum absolute atomic E-state index is 0.0313. The molecule has 0 bridgehead atoms. The molecular weight excluding hydrogens is 248 g/mol. The highest BCUT2D eigenvalue weighted by molar-refractivity contribution is 5.96. The van der Waals surface area contributed by atoms with Crippen LogP contribution in [0, 0.1) is 0 Å². The van der Waals surface area contributed by atoms with Gasteiger partial charge in [0, 0.05) is 12.2 Å². The van der Waals surface area contributed by atoms with E-state index >= 15 is 0 Å². The standard InChI is InChI=1S/C12H14N4O3/c13-4-8-5-16(11(17)6-19-8)7-1-2-9-10(3-7)15-12(18)14-9/h1-3,8H,4-6,13H2,(H2,14,15,18). The number of carbonyl (C=O) groups excluding carboxylic acids is 1. The number of morpholine rings is 1. The summed E-state index contributed by atoms with van der Waals surface area (Å²) in [6, 6.07) is 5.33. The Morgan fingerprint density at radius 1 is 1.32 bits per heavy atom. The third-order valence-corrected chi connectivity index (χ3v) is 3.20. The third kappa shape index (κ3) is 2.13. The fraction of sp³-hybridized carbons (Fsp3) is 0.333. The van der Waals surface area contributed by atoms with Gasteiger partial charge < -0.3 is 25.3 Å². The fourth-order valence-electron chi connectivity index (χ4n) is 2.21. The van der Waals surface area contributed by atoms with E-state index in [2.05, 4.69) is 9.97 Å². The van der Waals surface area contributed by atoms with Crippen LogP contribution in [-0.2, 0) is 9.53 Å². The summed E-state index contributed by atoms with van der Waals surface area (Å²) in [6.45, 7) is 0.825. The van der Waals surface area contributed by atoms with Gasteiger partial charge in [0.1, 0.15) is 6.61 Å². The first-order valence-electron chi connectivity index (χ1n) is 6.01. The normalized spacial score (nSPS) is 20.2. The minimum Gasteiger partial charge on any atom is -0.365 e. The van der Waals surface area contributed by atoms with E-state index < -0.39 is 0 Å². The van der Waals surface area contributed by atoms with Gasteiger partial charge in [-0.2, -0.15) is 0 Å². The Hall–Kier alpha value is -2.12. The predicted octanol–water partition coefficient (Wildman–Crippen LogP) is -0.453. The maximum absolute atomic E-state index is 11.9. The number of benzene rings is 1. The molecule has 3 rings (SSSR count). The molecule has 1 aliphatic rings. The molecule has 0 spiro atoms. The highest BCUT2D eigenvalue weighted by Crippen LogP contribution is 2.21. The number of fused-ring (bicyclic) bond motifs is 1. The Labute approximate surface area is 108 Å². The van der Waals surface area contributed by atoms with Gasteiger partial charge in [0.05, 0.1) is 23.7 Å². The quantitative estimate of drug-likeness (QED) is 0.681. The molecule has 0 aliphatic carbocycles. The number of H-pyrrole nitrogens is 2. The minimum atomic E-state index is -0.264. The van der Waals surface area contributed by atoms with Gasteiger partial charge in [-0.15, -0.1) is 0 Å². The summed E-state index contributed by atoms with van der Waals surface area (Å²) in [5.41, 5.74) is 7.42. The number of hydrogen-bond acceptors (Lipinski definition) is 4. The van der Waals surface area contributed by atoms with Gasteiger partial charge in [0.15, 0.2) is 0 Å². The summed E-state index contributed by atoms with van der Waals surface area (Å²) in [5, 5.41) is 0. The Morgan fingerprint density at radius 2 is 2.11 bits per heavy atom. The second kappa shape index (κ2) is 4.52. The monoisotopic (exact) mass is 262 g/mol. The van der Waals surface area contributed by atoms with Crippen molar-refractivity contribution in [3.63, 3.8) is 0 Å². The molecule has 0 saturated carbocycles. The van der Waals surface area contributed by atoms with Crippen molar-refractivity contribution in [1.29, 1.82) is 0 Å². The molecule has 100 valence electrons. The lowest BCUT2D eigenvalue weighted by molar-refractivity contribution is -0.128. The molecule has 1 fully saturated rings. The van der Waals surface area contributed by atoms with Crippen LogP contribution in [0.25, 0.3) is 11.0 Å². The average Bonchev–Trinajstić information content (AvgIpc) is 2.78. The Bertz CT molecular complexity index is 675. The van der Waals surface area contributed by atoms with Crippen molar-refractivity contribution in [1.82, 2.24) is 9.97 Å². The second-order valence-electron chi connectivity index (χ2n) is 4.48. The molecule has 1 unspecified atom stereocenters. The van der Waals surface area contributed by atoms with Gasteiger partial charge >= 0.3 is 5.69 Å². The van der Waals surface area contributed by atoms with Crippen molar-refractivity contribution in [2.24, 2.45) is 5.73 Å². The zero-order valence-corrected chi connectivity index (χ0v) is 10.2. The van der Waals surface area contributed by atoms with Crippen LogP contribution in [0.1, 0.15) is 0 Å². The molecule has 1 aliphatic heterocycles. The molecule has 1 amide bonds. The number of anilines is 1. The number of hydrogen-bond donors (Lipinski definition) is 3. The van der Waals surface area contributed by atoms with Gasteiger partial charge in [-0.1, -0.05) is 0 Å². The maximum atomic E-state index is 11.9. The molecule has 1 atom stereocenters. The van der Waals surface area contributed by atoms with E-state index in [4.69, 9.17) is 10.5 Å². The topological polar surface area (TPSA) is 104 Å². The summed E-state index contributed by atoms with van der Waals surface area (Å²) in [7, 11) is 0. The van der Waals surface area contributed by atoms with E-state index in [1.54, 1.807) is 23.1 Å². The molecule has 0 radical (unpaired) electrons. The number of nitrogens with zero attached hydrogens (tertiary/aromatic N) is 1.